The van der Waals surface area contributed by atoms with Gasteiger partial charge in [-0.15, -0.1) is 0 Å². The molecule has 0 saturated heterocycles. The van der Waals surface area contributed by atoms with Gasteiger partial charge < -0.3 is 34.9 Å². The van der Waals surface area contributed by atoms with Crippen molar-refractivity contribution in [3.63, 3.8) is 0 Å². The monoisotopic (exact) mass is 679 g/mol. The van der Waals surface area contributed by atoms with E-state index in [0.29, 0.717) is 50.6 Å². The fraction of sp³-hybridized carbons (Fsp3) is 0.342. The molecule has 5 rings (SSSR count). The number of nitriles is 1. The van der Waals surface area contributed by atoms with Crippen molar-refractivity contribution in [3.05, 3.63) is 84.1 Å². The van der Waals surface area contributed by atoms with Crippen LogP contribution in [0.5, 0.6) is 11.5 Å². The zero-order chi connectivity index (χ0) is 35.7. The molecule has 1 aliphatic rings. The number of methoxy groups -OCH3 is 1. The Labute approximate surface area is 291 Å². The Hall–Kier alpha value is -5.83. The Morgan fingerprint density at radius 1 is 0.980 bits per heavy atom. The number of amides is 2. The van der Waals surface area contributed by atoms with Crippen molar-refractivity contribution in [2.75, 3.05) is 24.4 Å². The van der Waals surface area contributed by atoms with Crippen molar-refractivity contribution in [2.24, 2.45) is 0 Å². The summed E-state index contributed by atoms with van der Waals surface area (Å²) in [7, 11) is 1.50. The number of anilines is 3. The van der Waals surface area contributed by atoms with Crippen LogP contribution in [0.3, 0.4) is 0 Å². The van der Waals surface area contributed by atoms with E-state index in [0.717, 1.165) is 25.7 Å². The summed E-state index contributed by atoms with van der Waals surface area (Å²) in [5.74, 6) is -0.0181. The van der Waals surface area contributed by atoms with Crippen LogP contribution < -0.4 is 25.4 Å². The summed E-state index contributed by atoms with van der Waals surface area (Å²) in [5.41, 5.74) is 2.45. The van der Waals surface area contributed by atoms with E-state index in [2.05, 4.69) is 27.0 Å². The number of carbonyl (C=O) groups excluding carboxylic acids is 3. The lowest BCUT2D eigenvalue weighted by molar-refractivity contribution is -0.151. The van der Waals surface area contributed by atoms with Gasteiger partial charge in [-0.3, -0.25) is 9.78 Å². The number of carbonyl (C=O) groups is 3. The zero-order valence-corrected chi connectivity index (χ0v) is 28.6. The van der Waals surface area contributed by atoms with E-state index in [1.165, 1.54) is 13.3 Å². The van der Waals surface area contributed by atoms with Crippen molar-refractivity contribution >= 4 is 45.9 Å². The number of hydrogen-bond donors (Lipinski definition) is 3. The van der Waals surface area contributed by atoms with Gasteiger partial charge in [-0.05, 0) is 88.9 Å². The molecule has 1 heterocycles. The third-order valence-electron chi connectivity index (χ3n) is 7.95. The minimum atomic E-state index is -0.984. The summed E-state index contributed by atoms with van der Waals surface area (Å²) in [6.45, 7) is 5.27. The van der Waals surface area contributed by atoms with Crippen molar-refractivity contribution in [2.45, 2.75) is 70.6 Å². The number of pyridine rings is 1. The molecule has 1 fully saturated rings. The van der Waals surface area contributed by atoms with Crippen LogP contribution in [0.15, 0.2) is 72.9 Å². The van der Waals surface area contributed by atoms with Crippen molar-refractivity contribution in [3.8, 4) is 17.6 Å². The fourth-order valence-corrected chi connectivity index (χ4v) is 5.50. The molecule has 260 valence electrons. The van der Waals surface area contributed by atoms with E-state index < -0.39 is 23.7 Å². The first kappa shape index (κ1) is 35.5. The van der Waals surface area contributed by atoms with Gasteiger partial charge in [-0.25, -0.2) is 9.59 Å². The smallest absolute Gasteiger partial charge is 0.408 e. The highest BCUT2D eigenvalue weighted by Crippen LogP contribution is 2.37. The van der Waals surface area contributed by atoms with Gasteiger partial charge in [-0.1, -0.05) is 18.2 Å². The average molecular weight is 680 g/mol. The summed E-state index contributed by atoms with van der Waals surface area (Å²) in [6.07, 6.45) is 4.27. The number of fused-ring (bicyclic) bond motifs is 1. The molecule has 1 aromatic heterocycles. The second-order valence-electron chi connectivity index (χ2n) is 12.9. The molecule has 0 aliphatic heterocycles. The Balaban J connectivity index is 1.31. The number of nitrogens with zero attached hydrogens (tertiary/aromatic N) is 2. The van der Waals surface area contributed by atoms with Crippen LogP contribution in [-0.4, -0.2) is 54.4 Å². The molecule has 0 radical (unpaired) electrons. The van der Waals surface area contributed by atoms with Gasteiger partial charge in [0.25, 0.3) is 5.91 Å². The molecule has 12 nitrogen and oxygen atoms in total. The van der Waals surface area contributed by atoms with Crippen LogP contribution in [0.25, 0.3) is 10.9 Å². The fourth-order valence-electron chi connectivity index (χ4n) is 5.50. The van der Waals surface area contributed by atoms with Gasteiger partial charge in [0.05, 0.1) is 30.5 Å². The standard InChI is InChI=1S/C38H41N5O7/c1-38(2,3)50-37(46)43-30(36(45)49-28-12-8-9-13-28)18-19-48-33-21-31-29(20-32(33)47-4)34(25(22-39)23-40-31)41-26-14-16-27(17-15-26)42-35(44)24-10-6-5-7-11-24/h5-7,10-11,14-17,20-21,23,28,30H,8-9,12-13,18-19H2,1-4H3,(H,40,41)(H,42,44)(H,43,46)/t30-/m0/s1. The maximum absolute atomic E-state index is 13.1. The summed E-state index contributed by atoms with van der Waals surface area (Å²) in [4.78, 5) is 42.7. The Morgan fingerprint density at radius 3 is 2.34 bits per heavy atom. The van der Waals surface area contributed by atoms with Crippen LogP contribution in [0, 0.1) is 11.3 Å². The highest BCUT2D eigenvalue weighted by molar-refractivity contribution is 6.04. The molecule has 1 atom stereocenters. The molecule has 0 bridgehead atoms. The van der Waals surface area contributed by atoms with Crippen LogP contribution >= 0.6 is 0 Å². The van der Waals surface area contributed by atoms with E-state index in [-0.39, 0.29) is 25.0 Å². The molecular formula is C38H41N5O7. The first-order chi connectivity index (χ1) is 24.0. The lowest BCUT2D eigenvalue weighted by Gasteiger charge is -2.24. The largest absolute Gasteiger partial charge is 0.493 e. The highest BCUT2D eigenvalue weighted by atomic mass is 16.6. The zero-order valence-electron chi connectivity index (χ0n) is 28.6. The van der Waals surface area contributed by atoms with Crippen LogP contribution in [0.1, 0.15) is 68.8 Å². The molecule has 0 spiro atoms. The third kappa shape index (κ3) is 9.41. The third-order valence-corrected chi connectivity index (χ3v) is 7.95. The minimum absolute atomic E-state index is 0.0383. The molecule has 1 saturated carbocycles. The maximum atomic E-state index is 13.1. The second-order valence-corrected chi connectivity index (χ2v) is 12.9. The first-order valence-electron chi connectivity index (χ1n) is 16.5. The van der Waals surface area contributed by atoms with Gasteiger partial charge >= 0.3 is 12.1 Å². The van der Waals surface area contributed by atoms with E-state index >= 15 is 0 Å². The predicted molar refractivity (Wildman–Crippen MR) is 189 cm³/mol. The van der Waals surface area contributed by atoms with Gasteiger partial charge in [-0.2, -0.15) is 5.26 Å². The maximum Gasteiger partial charge on any atom is 0.408 e. The predicted octanol–water partition coefficient (Wildman–Crippen LogP) is 7.26. The topological polar surface area (TPSA) is 161 Å². The Bertz CT molecular complexity index is 1860. The molecule has 0 unspecified atom stereocenters. The summed E-state index contributed by atoms with van der Waals surface area (Å²) in [6, 6.07) is 20.7. The molecular weight excluding hydrogens is 638 g/mol. The summed E-state index contributed by atoms with van der Waals surface area (Å²) >= 11 is 0. The highest BCUT2D eigenvalue weighted by Gasteiger charge is 2.29. The van der Waals surface area contributed by atoms with E-state index in [4.69, 9.17) is 18.9 Å². The summed E-state index contributed by atoms with van der Waals surface area (Å²) < 4.78 is 22.8. The SMILES string of the molecule is COc1cc2c(Nc3ccc(NC(=O)c4ccccc4)cc3)c(C#N)cnc2cc1OCC[C@H](NC(=O)OC(C)(C)C)C(=O)OC1CCCC1. The number of benzene rings is 3. The van der Waals surface area contributed by atoms with Gasteiger partial charge in [0.2, 0.25) is 0 Å². The molecule has 2 amide bonds. The normalized spacial score (nSPS) is 13.5. The second kappa shape index (κ2) is 16.0. The first-order valence-corrected chi connectivity index (χ1v) is 16.5. The van der Waals surface area contributed by atoms with E-state index in [1.54, 1.807) is 81.4 Å². The molecule has 3 aromatic carbocycles. The Kier molecular flexibility index (Phi) is 11.4. The number of alkyl carbamates (subject to hydrolysis) is 1. The number of nitrogens with one attached hydrogen (secondary N) is 3. The van der Waals surface area contributed by atoms with Crippen LogP contribution in [-0.2, 0) is 14.3 Å². The van der Waals surface area contributed by atoms with Gasteiger partial charge in [0.1, 0.15) is 23.8 Å². The molecule has 1 aliphatic carbocycles. The van der Waals surface area contributed by atoms with Gasteiger partial charge in [0, 0.05) is 41.0 Å². The van der Waals surface area contributed by atoms with Crippen molar-refractivity contribution in [1.82, 2.24) is 10.3 Å². The molecule has 4 aromatic rings. The number of esters is 1. The summed E-state index contributed by atoms with van der Waals surface area (Å²) in [5, 5.41) is 19.3. The number of hydrogen-bond acceptors (Lipinski definition) is 10. The van der Waals surface area contributed by atoms with Crippen molar-refractivity contribution in [1.29, 1.82) is 5.26 Å². The number of rotatable bonds is 12. The number of aromatic nitrogens is 1. The quantitative estimate of drug-likeness (QED) is 0.130. The molecule has 3 N–H and O–H groups in total. The minimum Gasteiger partial charge on any atom is -0.493 e. The van der Waals surface area contributed by atoms with Crippen LogP contribution in [0.4, 0.5) is 21.9 Å². The average Bonchev–Trinajstić information content (AvgIpc) is 3.61. The lowest BCUT2D eigenvalue weighted by Crippen LogP contribution is -2.45. The van der Waals surface area contributed by atoms with Gasteiger partial charge in [0.15, 0.2) is 11.5 Å². The Morgan fingerprint density at radius 2 is 1.68 bits per heavy atom. The van der Waals surface area contributed by atoms with Crippen molar-refractivity contribution < 1.29 is 33.3 Å². The van der Waals surface area contributed by atoms with E-state index in [9.17, 15) is 19.6 Å². The number of ether oxygens (including phenoxy) is 4. The van der Waals surface area contributed by atoms with E-state index in [1.807, 2.05) is 6.07 Å². The lowest BCUT2D eigenvalue weighted by atomic mass is 10.1. The molecule has 50 heavy (non-hydrogen) atoms. The molecule has 12 heteroatoms. The van der Waals surface area contributed by atoms with Crippen LogP contribution in [0.2, 0.25) is 0 Å².